The van der Waals surface area contributed by atoms with Crippen LogP contribution in [0.25, 0.3) is 22.4 Å². The highest BCUT2D eigenvalue weighted by atomic mass is 35.5. The topological polar surface area (TPSA) is 80.3 Å². The summed E-state index contributed by atoms with van der Waals surface area (Å²) in [5, 5.41) is 0.493. The number of methoxy groups -OCH3 is 1. The zero-order valence-electron chi connectivity index (χ0n) is 19.3. The van der Waals surface area contributed by atoms with Gasteiger partial charge in [-0.15, -0.1) is 0 Å². The lowest BCUT2D eigenvalue weighted by Crippen LogP contribution is -2.37. The quantitative estimate of drug-likeness (QED) is 0.443. The van der Waals surface area contributed by atoms with E-state index in [9.17, 15) is 4.79 Å². The second-order valence-electron chi connectivity index (χ2n) is 8.13. The minimum atomic E-state index is -0.126. The number of ether oxygens (including phenoxy) is 2. The van der Waals surface area contributed by atoms with Gasteiger partial charge in [0.05, 0.1) is 23.3 Å². The van der Waals surface area contributed by atoms with Crippen LogP contribution in [0.2, 0.25) is 5.02 Å². The highest BCUT2D eigenvalue weighted by Gasteiger charge is 2.19. The number of hydrogen-bond acceptors (Lipinski definition) is 5. The second-order valence-corrected chi connectivity index (χ2v) is 8.54. The summed E-state index contributed by atoms with van der Waals surface area (Å²) in [5.41, 5.74) is 2.61. The van der Waals surface area contributed by atoms with E-state index in [2.05, 4.69) is 21.9 Å². The number of imidazole rings is 1. The minimum absolute atomic E-state index is 0.0126. The van der Waals surface area contributed by atoms with Crippen molar-refractivity contribution in [3.05, 3.63) is 35.4 Å². The summed E-state index contributed by atoms with van der Waals surface area (Å²) in [7, 11) is 1.61. The Bertz CT molecular complexity index is 1070. The van der Waals surface area contributed by atoms with E-state index in [4.69, 9.17) is 21.1 Å². The van der Waals surface area contributed by atoms with Gasteiger partial charge in [0.2, 0.25) is 5.91 Å². The van der Waals surface area contributed by atoms with Gasteiger partial charge in [-0.05, 0) is 31.5 Å². The number of nitrogens with zero attached hydrogens (tertiary/aromatic N) is 3. The Morgan fingerprint density at radius 1 is 1.19 bits per heavy atom. The molecule has 0 saturated heterocycles. The van der Waals surface area contributed by atoms with Gasteiger partial charge in [-0.25, -0.2) is 4.98 Å². The molecule has 0 radical (unpaired) electrons. The molecule has 1 amide bonds. The van der Waals surface area contributed by atoms with Crippen LogP contribution in [0.15, 0.2) is 30.3 Å². The number of pyridine rings is 1. The van der Waals surface area contributed by atoms with Crippen LogP contribution in [0.3, 0.4) is 0 Å². The lowest BCUT2D eigenvalue weighted by molar-refractivity contribution is -0.134. The predicted octanol–water partition coefficient (Wildman–Crippen LogP) is 5.34. The number of aromatic nitrogens is 3. The normalized spacial score (nSPS) is 12.2. The fourth-order valence-electron chi connectivity index (χ4n) is 3.54. The molecule has 2 heterocycles. The molecule has 1 N–H and O–H groups in total. The van der Waals surface area contributed by atoms with Crippen LogP contribution in [-0.2, 0) is 4.79 Å². The standard InChI is InChI=1S/C24H31ClN4O3/c1-6-12-29(23(30)15(2)3)13-11-16(4)32-24-26-19-14-18(25)21(27-22(19)28-24)17-9-7-8-10-20(17)31-5/h7-10,14-16H,6,11-13H2,1-5H3,(H,26,27,28). The molecular weight excluding hydrogens is 428 g/mol. The summed E-state index contributed by atoms with van der Waals surface area (Å²) < 4.78 is 11.4. The molecule has 1 atom stereocenters. The molecule has 2 aromatic heterocycles. The molecule has 3 aromatic rings. The van der Waals surface area contributed by atoms with E-state index in [1.807, 2.05) is 49.9 Å². The molecule has 1 unspecified atom stereocenters. The predicted molar refractivity (Wildman–Crippen MR) is 127 cm³/mol. The van der Waals surface area contributed by atoms with Gasteiger partial charge in [-0.1, -0.05) is 44.5 Å². The molecule has 0 fully saturated rings. The number of fused-ring (bicyclic) bond motifs is 1. The first-order chi connectivity index (χ1) is 15.3. The number of rotatable bonds is 10. The number of aromatic amines is 1. The lowest BCUT2D eigenvalue weighted by Gasteiger charge is -2.25. The number of halogens is 1. The average molecular weight is 459 g/mol. The number of carbonyl (C=O) groups excluding carboxylic acids is 1. The zero-order valence-corrected chi connectivity index (χ0v) is 20.1. The molecule has 32 heavy (non-hydrogen) atoms. The van der Waals surface area contributed by atoms with Crippen molar-refractivity contribution in [1.29, 1.82) is 0 Å². The Kier molecular flexibility index (Phi) is 7.96. The Morgan fingerprint density at radius 3 is 2.62 bits per heavy atom. The number of para-hydroxylation sites is 1. The maximum Gasteiger partial charge on any atom is 0.296 e. The van der Waals surface area contributed by atoms with Crippen molar-refractivity contribution in [3.63, 3.8) is 0 Å². The fourth-order valence-corrected chi connectivity index (χ4v) is 3.79. The summed E-state index contributed by atoms with van der Waals surface area (Å²) >= 11 is 6.51. The van der Waals surface area contributed by atoms with E-state index in [1.54, 1.807) is 13.2 Å². The minimum Gasteiger partial charge on any atom is -0.496 e. The fraction of sp³-hybridized carbons (Fsp3) is 0.458. The molecule has 3 rings (SSSR count). The number of hydrogen-bond donors (Lipinski definition) is 1. The maximum absolute atomic E-state index is 12.4. The van der Waals surface area contributed by atoms with Gasteiger partial charge < -0.3 is 19.4 Å². The summed E-state index contributed by atoms with van der Waals surface area (Å²) in [6.45, 7) is 9.30. The molecule has 1 aromatic carbocycles. The van der Waals surface area contributed by atoms with E-state index in [0.717, 1.165) is 18.5 Å². The first-order valence-electron chi connectivity index (χ1n) is 11.0. The van der Waals surface area contributed by atoms with Crippen LogP contribution in [0.1, 0.15) is 40.5 Å². The van der Waals surface area contributed by atoms with Crippen molar-refractivity contribution in [2.75, 3.05) is 20.2 Å². The third-order valence-electron chi connectivity index (χ3n) is 5.18. The van der Waals surface area contributed by atoms with Crippen LogP contribution in [0.5, 0.6) is 11.8 Å². The summed E-state index contributed by atoms with van der Waals surface area (Å²) in [4.78, 5) is 26.6. The largest absolute Gasteiger partial charge is 0.496 e. The first-order valence-corrected chi connectivity index (χ1v) is 11.4. The number of carbonyl (C=O) groups is 1. The highest BCUT2D eigenvalue weighted by molar-refractivity contribution is 6.33. The SMILES string of the molecule is CCCN(CCC(C)Oc1nc2nc(-c3ccccc3OC)c(Cl)cc2[nH]1)C(=O)C(C)C. The van der Waals surface area contributed by atoms with Gasteiger partial charge in [-0.2, -0.15) is 4.98 Å². The van der Waals surface area contributed by atoms with Crippen molar-refractivity contribution >= 4 is 28.7 Å². The van der Waals surface area contributed by atoms with E-state index in [-0.39, 0.29) is 17.9 Å². The van der Waals surface area contributed by atoms with Crippen molar-refractivity contribution in [1.82, 2.24) is 19.9 Å². The first kappa shape index (κ1) is 23.9. The monoisotopic (exact) mass is 458 g/mol. The Hall–Kier alpha value is -2.80. The number of benzene rings is 1. The third-order valence-corrected chi connectivity index (χ3v) is 5.47. The van der Waals surface area contributed by atoms with Gasteiger partial charge in [0.15, 0.2) is 5.65 Å². The molecule has 7 nitrogen and oxygen atoms in total. The van der Waals surface area contributed by atoms with Crippen molar-refractivity contribution in [2.24, 2.45) is 5.92 Å². The van der Waals surface area contributed by atoms with Crippen molar-refractivity contribution < 1.29 is 14.3 Å². The molecular formula is C24H31ClN4O3. The van der Waals surface area contributed by atoms with Gasteiger partial charge >= 0.3 is 0 Å². The molecule has 8 heteroatoms. The van der Waals surface area contributed by atoms with Crippen LogP contribution in [0, 0.1) is 5.92 Å². The summed E-state index contributed by atoms with van der Waals surface area (Å²) in [6.07, 6.45) is 1.51. The number of nitrogens with one attached hydrogen (secondary N) is 1. The van der Waals surface area contributed by atoms with Gasteiger partial charge in [0.1, 0.15) is 11.9 Å². The van der Waals surface area contributed by atoms with Gasteiger partial charge in [0.25, 0.3) is 6.01 Å². The maximum atomic E-state index is 12.4. The zero-order chi connectivity index (χ0) is 23.3. The van der Waals surface area contributed by atoms with Gasteiger partial charge in [-0.3, -0.25) is 4.79 Å². The molecule has 0 aliphatic carbocycles. The van der Waals surface area contributed by atoms with E-state index in [0.29, 0.717) is 46.6 Å². The second kappa shape index (κ2) is 10.7. The average Bonchev–Trinajstić information content (AvgIpc) is 3.16. The summed E-state index contributed by atoms with van der Waals surface area (Å²) in [6, 6.07) is 9.75. The van der Waals surface area contributed by atoms with E-state index in [1.165, 1.54) is 0 Å². The third kappa shape index (κ3) is 5.51. The van der Waals surface area contributed by atoms with Crippen molar-refractivity contribution in [3.8, 4) is 23.0 Å². The molecule has 0 aliphatic rings. The molecule has 172 valence electrons. The molecule has 0 spiro atoms. The van der Waals surface area contributed by atoms with E-state index < -0.39 is 0 Å². The Balaban J connectivity index is 1.74. The van der Waals surface area contributed by atoms with Crippen LogP contribution in [-0.4, -0.2) is 52.1 Å². The molecule has 0 aliphatic heterocycles. The van der Waals surface area contributed by atoms with Crippen LogP contribution >= 0.6 is 11.6 Å². The number of H-pyrrole nitrogens is 1. The highest BCUT2D eigenvalue weighted by Crippen LogP contribution is 2.35. The van der Waals surface area contributed by atoms with Crippen molar-refractivity contribution in [2.45, 2.75) is 46.6 Å². The van der Waals surface area contributed by atoms with Crippen LogP contribution in [0.4, 0.5) is 0 Å². The van der Waals surface area contributed by atoms with Crippen LogP contribution < -0.4 is 9.47 Å². The number of amides is 1. The van der Waals surface area contributed by atoms with Gasteiger partial charge in [0, 0.05) is 31.0 Å². The smallest absolute Gasteiger partial charge is 0.296 e. The molecule has 0 bridgehead atoms. The lowest BCUT2D eigenvalue weighted by atomic mass is 10.1. The van der Waals surface area contributed by atoms with E-state index >= 15 is 0 Å². The summed E-state index contributed by atoms with van der Waals surface area (Å²) in [5.74, 6) is 0.848. The molecule has 0 saturated carbocycles. The Morgan fingerprint density at radius 2 is 1.94 bits per heavy atom. The Labute approximate surface area is 194 Å².